The zero-order valence-corrected chi connectivity index (χ0v) is 9.29. The highest BCUT2D eigenvalue weighted by Gasteiger charge is 2.09. The van der Waals surface area contributed by atoms with Crippen molar-refractivity contribution in [2.24, 2.45) is 0 Å². The summed E-state index contributed by atoms with van der Waals surface area (Å²) in [6.45, 7) is 4.74. The van der Waals surface area contributed by atoms with E-state index in [9.17, 15) is 0 Å². The monoisotopic (exact) mass is 196 g/mol. The summed E-state index contributed by atoms with van der Waals surface area (Å²) in [4.78, 5) is 0. The van der Waals surface area contributed by atoms with Gasteiger partial charge in [-0.25, -0.2) is 0 Å². The third-order valence-electron chi connectivity index (χ3n) is 1.78. The molecule has 0 amide bonds. The van der Waals surface area contributed by atoms with Gasteiger partial charge in [0.25, 0.3) is 0 Å². The molecule has 0 saturated carbocycles. The van der Waals surface area contributed by atoms with Gasteiger partial charge in [0.1, 0.15) is 12.4 Å². The summed E-state index contributed by atoms with van der Waals surface area (Å²) in [7, 11) is 1.00. The van der Waals surface area contributed by atoms with Gasteiger partial charge in [-0.2, -0.15) is 0 Å². The second-order valence-corrected chi connectivity index (χ2v) is 2.52. The molecule has 2 rings (SSSR count). The fourth-order valence-electron chi connectivity index (χ4n) is 1.28. The van der Waals surface area contributed by atoms with Crippen LogP contribution in [0.3, 0.4) is 0 Å². The highest BCUT2D eigenvalue weighted by Crippen LogP contribution is 2.23. The van der Waals surface area contributed by atoms with Crippen LogP contribution in [0.4, 0.5) is 0 Å². The lowest BCUT2D eigenvalue weighted by Crippen LogP contribution is -2.03. The zero-order valence-electron chi connectivity index (χ0n) is 9.29. The maximum absolute atomic E-state index is 7.00. The largest absolute Gasteiger partial charge is 0.489 e. The van der Waals surface area contributed by atoms with Crippen molar-refractivity contribution in [2.75, 3.05) is 13.7 Å². The Balaban J connectivity index is 0.000000379. The summed E-state index contributed by atoms with van der Waals surface area (Å²) in [5.41, 5.74) is 1.26. The van der Waals surface area contributed by atoms with Crippen molar-refractivity contribution >= 4 is 0 Å². The van der Waals surface area contributed by atoms with Crippen LogP contribution < -0.4 is 0 Å². The van der Waals surface area contributed by atoms with E-state index >= 15 is 0 Å². The first-order valence-corrected chi connectivity index (χ1v) is 5.11. The van der Waals surface area contributed by atoms with Crippen LogP contribution >= 0.6 is 0 Å². The summed E-state index contributed by atoms with van der Waals surface area (Å²) in [6, 6.07) is 0. The molecule has 1 N–H and O–H groups in total. The van der Waals surface area contributed by atoms with E-state index in [1.54, 1.807) is 0 Å². The Hall–Kier alpha value is -1.02. The number of aliphatic hydroxyl groups is 1. The minimum absolute atomic E-state index is 0.739. The van der Waals surface area contributed by atoms with Gasteiger partial charge in [-0.1, -0.05) is 26.0 Å². The number of aliphatic hydroxyl groups excluding tert-OH is 1. The molecule has 0 aromatic carbocycles. The topological polar surface area (TPSA) is 29.5 Å². The van der Waals surface area contributed by atoms with E-state index in [1.165, 1.54) is 5.57 Å². The van der Waals surface area contributed by atoms with Crippen LogP contribution in [-0.2, 0) is 4.74 Å². The van der Waals surface area contributed by atoms with Crippen LogP contribution in [0.15, 0.2) is 35.6 Å². The van der Waals surface area contributed by atoms with Gasteiger partial charge in [0, 0.05) is 12.7 Å². The molecule has 0 saturated heterocycles. The van der Waals surface area contributed by atoms with Crippen LogP contribution in [0.1, 0.15) is 26.7 Å². The minimum Gasteiger partial charge on any atom is -0.489 e. The van der Waals surface area contributed by atoms with Crippen molar-refractivity contribution in [1.29, 1.82) is 0 Å². The molecular formula is C12H20O2. The van der Waals surface area contributed by atoms with E-state index in [0.29, 0.717) is 0 Å². The van der Waals surface area contributed by atoms with Crippen LogP contribution in [0.2, 0.25) is 0 Å². The molecule has 80 valence electrons. The van der Waals surface area contributed by atoms with E-state index in [-0.39, 0.29) is 0 Å². The molecule has 0 radical (unpaired) electrons. The van der Waals surface area contributed by atoms with Gasteiger partial charge < -0.3 is 9.84 Å². The minimum atomic E-state index is 0.739. The predicted octanol–water partition coefficient (Wildman–Crippen LogP) is 2.81. The number of hydrogen-bond donors (Lipinski definition) is 1. The molecule has 2 nitrogen and oxygen atoms in total. The lowest BCUT2D eigenvalue weighted by molar-refractivity contribution is 0.249. The molecule has 1 heterocycles. The Morgan fingerprint density at radius 1 is 1.14 bits per heavy atom. The van der Waals surface area contributed by atoms with E-state index in [2.05, 4.69) is 24.3 Å². The third kappa shape index (κ3) is 3.79. The van der Waals surface area contributed by atoms with Crippen LogP contribution in [0.5, 0.6) is 0 Å². The van der Waals surface area contributed by atoms with Gasteiger partial charge in [-0.05, 0) is 25.0 Å². The normalized spacial score (nSPS) is 16.9. The Labute approximate surface area is 86.6 Å². The summed E-state index contributed by atoms with van der Waals surface area (Å²) in [6.07, 6.45) is 10.9. The molecule has 0 aromatic rings. The second kappa shape index (κ2) is 8.57. The van der Waals surface area contributed by atoms with Gasteiger partial charge in [0.15, 0.2) is 0 Å². The predicted molar refractivity (Wildman–Crippen MR) is 60.0 cm³/mol. The molecule has 0 unspecified atom stereocenters. The first-order chi connectivity index (χ1) is 6.97. The molecule has 2 heteroatoms. The van der Waals surface area contributed by atoms with Gasteiger partial charge in [-0.15, -0.1) is 0 Å². The van der Waals surface area contributed by atoms with E-state index < -0.39 is 0 Å². The first kappa shape index (κ1) is 13.0. The Bertz CT molecular complexity index is 224. The SMILES string of the molecule is C1=CC2=CCCC=C2OC1.CC.CO. The lowest BCUT2D eigenvalue weighted by Gasteiger charge is -2.17. The molecule has 0 fully saturated rings. The molecule has 0 atom stereocenters. The molecule has 14 heavy (non-hydrogen) atoms. The maximum Gasteiger partial charge on any atom is 0.122 e. The molecule has 0 bridgehead atoms. The van der Waals surface area contributed by atoms with Crippen molar-refractivity contribution in [3.8, 4) is 0 Å². The highest BCUT2D eigenvalue weighted by molar-refractivity contribution is 5.39. The summed E-state index contributed by atoms with van der Waals surface area (Å²) in [5.74, 6) is 1.08. The summed E-state index contributed by atoms with van der Waals surface area (Å²) >= 11 is 0. The molecule has 0 spiro atoms. The zero-order chi connectivity index (χ0) is 10.8. The van der Waals surface area contributed by atoms with Crippen molar-refractivity contribution < 1.29 is 9.84 Å². The fourth-order valence-corrected chi connectivity index (χ4v) is 1.28. The number of rotatable bonds is 0. The molecule has 0 aromatic heterocycles. The number of ether oxygens (including phenoxy) is 1. The average molecular weight is 196 g/mol. The molecule has 1 aliphatic heterocycles. The van der Waals surface area contributed by atoms with Crippen molar-refractivity contribution in [2.45, 2.75) is 26.7 Å². The highest BCUT2D eigenvalue weighted by atomic mass is 16.5. The average Bonchev–Trinajstić information content (AvgIpc) is 2.34. The van der Waals surface area contributed by atoms with Crippen molar-refractivity contribution in [3.05, 3.63) is 35.6 Å². The van der Waals surface area contributed by atoms with E-state index in [0.717, 1.165) is 32.3 Å². The molecule has 2 aliphatic rings. The van der Waals surface area contributed by atoms with Gasteiger partial charge >= 0.3 is 0 Å². The quantitative estimate of drug-likeness (QED) is 0.645. The fraction of sp³-hybridized carbons (Fsp3) is 0.500. The van der Waals surface area contributed by atoms with Crippen LogP contribution in [0.25, 0.3) is 0 Å². The smallest absolute Gasteiger partial charge is 0.122 e. The van der Waals surface area contributed by atoms with Crippen molar-refractivity contribution in [3.63, 3.8) is 0 Å². The van der Waals surface area contributed by atoms with Crippen LogP contribution in [0, 0.1) is 0 Å². The third-order valence-corrected chi connectivity index (χ3v) is 1.78. The first-order valence-electron chi connectivity index (χ1n) is 5.11. The molecule has 1 aliphatic carbocycles. The summed E-state index contributed by atoms with van der Waals surface area (Å²) in [5, 5.41) is 7.00. The number of fused-ring (bicyclic) bond motifs is 1. The molecular weight excluding hydrogens is 176 g/mol. The Morgan fingerprint density at radius 2 is 1.79 bits per heavy atom. The van der Waals surface area contributed by atoms with E-state index in [1.807, 2.05) is 13.8 Å². The second-order valence-electron chi connectivity index (χ2n) is 2.52. The standard InChI is InChI=1S/C9H10O.C2H6.CH4O/c1-2-6-9-8(4-1)5-3-7-10-9;2*1-2/h3-6H,1-2,7H2;1-2H3;2H,1H3. The maximum atomic E-state index is 7.00. The lowest BCUT2D eigenvalue weighted by atomic mass is 10.0. The van der Waals surface area contributed by atoms with Crippen molar-refractivity contribution in [1.82, 2.24) is 0 Å². The van der Waals surface area contributed by atoms with Crippen LogP contribution in [-0.4, -0.2) is 18.8 Å². The van der Waals surface area contributed by atoms with Gasteiger partial charge in [0.05, 0.1) is 0 Å². The number of allylic oxidation sites excluding steroid dienone is 3. The Morgan fingerprint density at radius 3 is 2.43 bits per heavy atom. The number of hydrogen-bond acceptors (Lipinski definition) is 2. The van der Waals surface area contributed by atoms with E-state index in [4.69, 9.17) is 9.84 Å². The Kier molecular flexibility index (Phi) is 7.95. The van der Waals surface area contributed by atoms with Gasteiger partial charge in [-0.3, -0.25) is 0 Å². The van der Waals surface area contributed by atoms with Gasteiger partial charge in [0.2, 0.25) is 0 Å². The summed E-state index contributed by atoms with van der Waals surface area (Å²) < 4.78 is 5.39.